The van der Waals surface area contributed by atoms with Crippen molar-refractivity contribution in [2.75, 3.05) is 0 Å². The largest absolute Gasteiger partial charge is 0.107 e. The third kappa shape index (κ3) is 1.89. The molecule has 10 heavy (non-hydrogen) atoms. The molecule has 3 heteroatoms. The van der Waals surface area contributed by atoms with Gasteiger partial charge in [-0.05, 0) is 46.4 Å². The Morgan fingerprint density at radius 2 is 2.20 bits per heavy atom. The third-order valence-electron chi connectivity index (χ3n) is 1.39. The first-order valence-corrected chi connectivity index (χ1v) is 4.63. The molecule has 52 valence electrons. The normalized spacial score (nSPS) is 9.80. The van der Waals surface area contributed by atoms with Crippen LogP contribution in [0.3, 0.4) is 0 Å². The zero-order chi connectivity index (χ0) is 7.56. The second-order valence-corrected chi connectivity index (χ2v) is 3.74. The highest BCUT2D eigenvalue weighted by Crippen LogP contribution is 2.18. The average Bonchev–Trinajstić information content (AvgIpc) is 1.94. The standard InChI is InChI=1S/C7H7BClI/c8-4-5-3-6(10)1-2-7(5)9/h1-3H,4,8H2. The maximum atomic E-state index is 5.89. The molecule has 0 aliphatic carbocycles. The minimum absolute atomic E-state index is 0.878. The predicted molar refractivity (Wildman–Crippen MR) is 56.4 cm³/mol. The summed E-state index contributed by atoms with van der Waals surface area (Å²) in [4.78, 5) is 0. The summed E-state index contributed by atoms with van der Waals surface area (Å²) in [5, 5.41) is 0.878. The summed E-state index contributed by atoms with van der Waals surface area (Å²) >= 11 is 8.18. The SMILES string of the molecule is BCc1cc(I)ccc1Cl. The molecule has 0 saturated heterocycles. The Kier molecular flexibility index (Phi) is 3.05. The topological polar surface area (TPSA) is 0 Å². The molecule has 1 aromatic carbocycles. The summed E-state index contributed by atoms with van der Waals surface area (Å²) in [6.07, 6.45) is 1.01. The van der Waals surface area contributed by atoms with Gasteiger partial charge in [0.1, 0.15) is 7.85 Å². The van der Waals surface area contributed by atoms with Crippen LogP contribution in [0.4, 0.5) is 0 Å². The van der Waals surface area contributed by atoms with E-state index < -0.39 is 0 Å². The van der Waals surface area contributed by atoms with Crippen molar-refractivity contribution in [3.05, 3.63) is 32.4 Å². The first-order valence-electron chi connectivity index (χ1n) is 3.18. The average molecular weight is 264 g/mol. The van der Waals surface area contributed by atoms with Crippen molar-refractivity contribution in [1.82, 2.24) is 0 Å². The second-order valence-electron chi connectivity index (χ2n) is 2.09. The van der Waals surface area contributed by atoms with Gasteiger partial charge in [0.05, 0.1) is 0 Å². The molecule has 0 unspecified atom stereocenters. The van der Waals surface area contributed by atoms with E-state index in [2.05, 4.69) is 36.5 Å². The van der Waals surface area contributed by atoms with E-state index in [9.17, 15) is 0 Å². The Morgan fingerprint density at radius 3 is 2.70 bits per heavy atom. The van der Waals surface area contributed by atoms with Crippen molar-refractivity contribution in [3.63, 3.8) is 0 Å². The molecule has 0 amide bonds. The minimum Gasteiger partial charge on any atom is -0.0841 e. The molecular weight excluding hydrogens is 257 g/mol. The predicted octanol–water partition coefficient (Wildman–Crippen LogP) is 2.08. The fourth-order valence-corrected chi connectivity index (χ4v) is 1.62. The van der Waals surface area contributed by atoms with Crippen LogP contribution in [0.25, 0.3) is 0 Å². The Morgan fingerprint density at radius 1 is 1.50 bits per heavy atom. The van der Waals surface area contributed by atoms with Crippen LogP contribution in [0.1, 0.15) is 5.56 Å². The van der Waals surface area contributed by atoms with E-state index in [-0.39, 0.29) is 0 Å². The summed E-state index contributed by atoms with van der Waals surface area (Å²) in [5.74, 6) is 0. The monoisotopic (exact) mass is 264 g/mol. The highest BCUT2D eigenvalue weighted by atomic mass is 127. The number of hydrogen-bond acceptors (Lipinski definition) is 0. The van der Waals surface area contributed by atoms with Crippen LogP contribution in [-0.2, 0) is 6.32 Å². The van der Waals surface area contributed by atoms with Crippen LogP contribution in [-0.4, -0.2) is 7.85 Å². The van der Waals surface area contributed by atoms with E-state index in [4.69, 9.17) is 11.6 Å². The zero-order valence-corrected chi connectivity index (χ0v) is 8.61. The van der Waals surface area contributed by atoms with Crippen molar-refractivity contribution in [1.29, 1.82) is 0 Å². The molecule has 0 radical (unpaired) electrons. The second kappa shape index (κ2) is 3.63. The summed E-state index contributed by atoms with van der Waals surface area (Å²) in [6, 6.07) is 6.08. The van der Waals surface area contributed by atoms with Gasteiger partial charge in [-0.3, -0.25) is 0 Å². The summed E-state index contributed by atoms with van der Waals surface area (Å²) in [6.45, 7) is 0. The molecule has 0 aliphatic rings. The van der Waals surface area contributed by atoms with Crippen molar-refractivity contribution < 1.29 is 0 Å². The molecule has 0 aromatic heterocycles. The molecule has 0 heterocycles. The van der Waals surface area contributed by atoms with Gasteiger partial charge < -0.3 is 0 Å². The van der Waals surface area contributed by atoms with Gasteiger partial charge in [-0.25, -0.2) is 0 Å². The molecule has 0 aliphatic heterocycles. The van der Waals surface area contributed by atoms with E-state index in [1.54, 1.807) is 0 Å². The van der Waals surface area contributed by atoms with E-state index >= 15 is 0 Å². The van der Waals surface area contributed by atoms with Gasteiger partial charge >= 0.3 is 0 Å². The van der Waals surface area contributed by atoms with Gasteiger partial charge in [0.25, 0.3) is 0 Å². The van der Waals surface area contributed by atoms with E-state index in [1.807, 2.05) is 12.1 Å². The number of hydrogen-bond donors (Lipinski definition) is 0. The highest BCUT2D eigenvalue weighted by molar-refractivity contribution is 14.1. The van der Waals surface area contributed by atoms with Crippen molar-refractivity contribution in [2.45, 2.75) is 6.32 Å². The Bertz CT molecular complexity index is 237. The highest BCUT2D eigenvalue weighted by Gasteiger charge is 1.96. The van der Waals surface area contributed by atoms with Gasteiger partial charge in [0, 0.05) is 8.59 Å². The van der Waals surface area contributed by atoms with Gasteiger partial charge in [-0.15, -0.1) is 0 Å². The third-order valence-corrected chi connectivity index (χ3v) is 2.43. The smallest absolute Gasteiger partial charge is 0.0841 e. The molecule has 0 bridgehead atoms. The number of halogens is 2. The van der Waals surface area contributed by atoms with Gasteiger partial charge in [0.15, 0.2) is 0 Å². The van der Waals surface area contributed by atoms with Crippen LogP contribution in [0, 0.1) is 3.57 Å². The van der Waals surface area contributed by atoms with Crippen molar-refractivity contribution >= 4 is 42.0 Å². The first kappa shape index (κ1) is 8.40. The zero-order valence-electron chi connectivity index (χ0n) is 5.70. The molecule has 0 saturated carbocycles. The van der Waals surface area contributed by atoms with Gasteiger partial charge in [-0.1, -0.05) is 17.9 Å². The lowest BCUT2D eigenvalue weighted by Crippen LogP contribution is -1.85. The molecule has 0 atom stereocenters. The molecule has 0 N–H and O–H groups in total. The number of rotatable bonds is 1. The first-order chi connectivity index (χ1) is 4.74. The molecule has 1 aromatic rings. The number of benzene rings is 1. The molecule has 0 spiro atoms. The van der Waals surface area contributed by atoms with Crippen LogP contribution in [0.2, 0.25) is 5.02 Å². The Hall–Kier alpha value is 0.305. The molecule has 1 rings (SSSR count). The van der Waals surface area contributed by atoms with E-state index in [1.165, 1.54) is 9.13 Å². The maximum absolute atomic E-state index is 5.89. The molecular formula is C7H7BClI. The lowest BCUT2D eigenvalue weighted by atomic mass is 9.97. The fourth-order valence-electron chi connectivity index (χ4n) is 0.814. The molecule has 0 fully saturated rings. The summed E-state index contributed by atoms with van der Waals surface area (Å²) in [7, 11) is 2.11. The van der Waals surface area contributed by atoms with Crippen LogP contribution < -0.4 is 0 Å². The van der Waals surface area contributed by atoms with Crippen molar-refractivity contribution in [2.24, 2.45) is 0 Å². The molecule has 0 nitrogen and oxygen atoms in total. The lowest BCUT2D eigenvalue weighted by Gasteiger charge is -1.99. The quantitative estimate of drug-likeness (QED) is 0.538. The lowest BCUT2D eigenvalue weighted by molar-refractivity contribution is 1.39. The van der Waals surface area contributed by atoms with Gasteiger partial charge in [-0.2, -0.15) is 0 Å². The van der Waals surface area contributed by atoms with Crippen LogP contribution in [0.5, 0.6) is 0 Å². The van der Waals surface area contributed by atoms with Crippen LogP contribution >= 0.6 is 34.2 Å². The Balaban J connectivity index is 3.09. The van der Waals surface area contributed by atoms with Crippen molar-refractivity contribution in [3.8, 4) is 0 Å². The van der Waals surface area contributed by atoms with E-state index in [0.29, 0.717) is 0 Å². The van der Waals surface area contributed by atoms with Gasteiger partial charge in [0.2, 0.25) is 0 Å². The van der Waals surface area contributed by atoms with E-state index in [0.717, 1.165) is 11.3 Å². The van der Waals surface area contributed by atoms with Crippen LogP contribution in [0.15, 0.2) is 18.2 Å². The maximum Gasteiger partial charge on any atom is 0.107 e. The Labute approximate surface area is 80.5 Å². The fraction of sp³-hybridized carbons (Fsp3) is 0.143. The minimum atomic E-state index is 0.878. The summed E-state index contributed by atoms with van der Waals surface area (Å²) in [5.41, 5.74) is 1.23. The summed E-state index contributed by atoms with van der Waals surface area (Å²) < 4.78 is 1.25.